The average Bonchev–Trinajstić information content (AvgIpc) is 3.37. The van der Waals surface area contributed by atoms with Crippen LogP contribution in [0.2, 0.25) is 0 Å². The van der Waals surface area contributed by atoms with Gasteiger partial charge in [0.05, 0.1) is 16.2 Å². The first-order chi connectivity index (χ1) is 16.1. The molecule has 162 valence electrons. The number of amides is 1. The van der Waals surface area contributed by atoms with Crippen LogP contribution in [-0.2, 0) is 10.0 Å². The highest BCUT2D eigenvalue weighted by Gasteiger charge is 2.51. The number of benzene rings is 4. The molecule has 2 aliphatic rings. The normalized spacial score (nSPS) is 20.4. The van der Waals surface area contributed by atoms with E-state index in [0.717, 1.165) is 21.9 Å². The fourth-order valence-corrected chi connectivity index (χ4v) is 7.95. The number of carbonyl (C=O) groups excluding carboxylic acids is 1. The Morgan fingerprint density at radius 2 is 1.42 bits per heavy atom. The number of hydrogen-bond donors (Lipinski definition) is 0. The Morgan fingerprint density at radius 1 is 0.788 bits per heavy atom. The van der Waals surface area contributed by atoms with Crippen LogP contribution in [0.5, 0.6) is 0 Å². The Balaban J connectivity index is 1.54. The summed E-state index contributed by atoms with van der Waals surface area (Å²) >= 11 is 1.34. The Labute approximate surface area is 195 Å². The van der Waals surface area contributed by atoms with Gasteiger partial charge in [-0.1, -0.05) is 84.6 Å². The molecule has 33 heavy (non-hydrogen) atoms. The summed E-state index contributed by atoms with van der Waals surface area (Å²) in [5.74, 6) is -0.460. The van der Waals surface area contributed by atoms with E-state index in [1.807, 2.05) is 42.5 Å². The standard InChI is InChI=1S/C26H18N2O3S2/c29-25(18-9-3-1-4-10-18)27-26-28(33(30,31)19-13-5-2-6-14-19)23-20-15-7-11-17-12-8-16-21(22(17)20)24(23)32-26/h1-16,23-24H/t23-,24+/m1/s1. The molecule has 0 N–H and O–H groups in total. The maximum Gasteiger partial charge on any atom is 0.279 e. The van der Waals surface area contributed by atoms with Gasteiger partial charge in [0.2, 0.25) is 0 Å². The van der Waals surface area contributed by atoms with Crippen molar-refractivity contribution >= 4 is 43.6 Å². The van der Waals surface area contributed by atoms with Gasteiger partial charge in [-0.3, -0.25) is 4.79 Å². The van der Waals surface area contributed by atoms with E-state index in [1.165, 1.54) is 16.1 Å². The van der Waals surface area contributed by atoms with Crippen molar-refractivity contribution in [1.82, 2.24) is 4.31 Å². The summed E-state index contributed by atoms with van der Waals surface area (Å²) in [5, 5.41) is 2.20. The highest BCUT2D eigenvalue weighted by Crippen LogP contribution is 2.60. The van der Waals surface area contributed by atoms with Crippen LogP contribution in [0.3, 0.4) is 0 Å². The third-order valence-corrected chi connectivity index (χ3v) is 9.24. The molecule has 5 nitrogen and oxygen atoms in total. The molecule has 1 amide bonds. The van der Waals surface area contributed by atoms with E-state index in [1.54, 1.807) is 54.6 Å². The number of carbonyl (C=O) groups is 1. The highest BCUT2D eigenvalue weighted by molar-refractivity contribution is 8.15. The van der Waals surface area contributed by atoms with Crippen LogP contribution in [-0.4, -0.2) is 23.8 Å². The van der Waals surface area contributed by atoms with Crippen LogP contribution in [0.25, 0.3) is 10.8 Å². The summed E-state index contributed by atoms with van der Waals surface area (Å²) in [6.07, 6.45) is 0. The van der Waals surface area contributed by atoms with Crippen LogP contribution in [0.1, 0.15) is 32.8 Å². The molecule has 1 fully saturated rings. The van der Waals surface area contributed by atoms with Gasteiger partial charge in [-0.05, 0) is 46.2 Å². The molecule has 4 aromatic carbocycles. The maximum absolute atomic E-state index is 13.9. The molecule has 0 spiro atoms. The van der Waals surface area contributed by atoms with E-state index in [0.29, 0.717) is 5.56 Å². The number of hydrogen-bond acceptors (Lipinski definition) is 4. The molecule has 1 aliphatic carbocycles. The zero-order chi connectivity index (χ0) is 22.6. The molecule has 0 aromatic heterocycles. The van der Waals surface area contributed by atoms with Crippen molar-refractivity contribution in [3.05, 3.63) is 114 Å². The summed E-state index contributed by atoms with van der Waals surface area (Å²) < 4.78 is 29.1. The minimum Gasteiger partial charge on any atom is -0.267 e. The summed E-state index contributed by atoms with van der Waals surface area (Å²) in [7, 11) is -3.95. The first kappa shape index (κ1) is 20.2. The third-order valence-electron chi connectivity index (χ3n) is 6.07. The van der Waals surface area contributed by atoms with E-state index in [2.05, 4.69) is 4.99 Å². The maximum atomic E-state index is 13.9. The lowest BCUT2D eigenvalue weighted by atomic mass is 10.0. The first-order valence-electron chi connectivity index (χ1n) is 10.5. The molecule has 2 atom stereocenters. The Kier molecular flexibility index (Phi) is 4.64. The molecule has 0 unspecified atom stereocenters. The second kappa shape index (κ2) is 7.57. The van der Waals surface area contributed by atoms with Gasteiger partial charge in [0, 0.05) is 5.56 Å². The van der Waals surface area contributed by atoms with E-state index in [4.69, 9.17) is 0 Å². The Hall–Kier alpha value is -3.42. The van der Waals surface area contributed by atoms with Gasteiger partial charge in [0.15, 0.2) is 5.17 Å². The molecule has 1 saturated heterocycles. The van der Waals surface area contributed by atoms with Gasteiger partial charge in [0.1, 0.15) is 0 Å². The first-order valence-corrected chi connectivity index (χ1v) is 12.8. The lowest BCUT2D eigenvalue weighted by Gasteiger charge is -2.25. The van der Waals surface area contributed by atoms with Gasteiger partial charge >= 0.3 is 0 Å². The fourth-order valence-electron chi connectivity index (χ4n) is 4.64. The van der Waals surface area contributed by atoms with E-state index in [-0.39, 0.29) is 15.3 Å². The summed E-state index contributed by atoms with van der Waals surface area (Å²) in [5.41, 5.74) is 2.43. The second-order valence-electron chi connectivity index (χ2n) is 7.96. The molecule has 6 rings (SSSR count). The lowest BCUT2D eigenvalue weighted by molar-refractivity contribution is 0.100. The Morgan fingerprint density at radius 3 is 2.12 bits per heavy atom. The van der Waals surface area contributed by atoms with E-state index >= 15 is 0 Å². The van der Waals surface area contributed by atoms with Gasteiger partial charge in [0.25, 0.3) is 15.9 Å². The summed E-state index contributed by atoms with van der Waals surface area (Å²) in [6, 6.07) is 28.6. The largest absolute Gasteiger partial charge is 0.279 e. The molecule has 1 heterocycles. The predicted molar refractivity (Wildman–Crippen MR) is 131 cm³/mol. The molecule has 4 aromatic rings. The van der Waals surface area contributed by atoms with Crippen LogP contribution >= 0.6 is 11.8 Å². The number of nitrogens with zero attached hydrogens (tertiary/aromatic N) is 2. The number of fused-ring (bicyclic) bond motifs is 3. The van der Waals surface area contributed by atoms with Crippen molar-refractivity contribution in [2.24, 2.45) is 4.99 Å². The van der Waals surface area contributed by atoms with Crippen molar-refractivity contribution < 1.29 is 13.2 Å². The van der Waals surface area contributed by atoms with Crippen LogP contribution in [0.4, 0.5) is 0 Å². The van der Waals surface area contributed by atoms with Gasteiger partial charge in [-0.15, -0.1) is 0 Å². The van der Waals surface area contributed by atoms with E-state index in [9.17, 15) is 13.2 Å². The zero-order valence-corrected chi connectivity index (χ0v) is 19.0. The SMILES string of the molecule is O=C(N=C1S[C@H]2c3cccc4cccc(c34)[C@H]2N1S(=O)(=O)c1ccccc1)c1ccccc1. The predicted octanol–water partition coefficient (Wildman–Crippen LogP) is 5.57. The molecular weight excluding hydrogens is 452 g/mol. The minimum atomic E-state index is -3.95. The van der Waals surface area contributed by atoms with Crippen molar-refractivity contribution in [3.8, 4) is 0 Å². The smallest absolute Gasteiger partial charge is 0.267 e. The summed E-state index contributed by atoms with van der Waals surface area (Å²) in [6.45, 7) is 0. The quantitative estimate of drug-likeness (QED) is 0.393. The number of rotatable bonds is 3. The third kappa shape index (κ3) is 3.11. The fraction of sp³-hybridized carbons (Fsp3) is 0.0769. The molecule has 0 bridgehead atoms. The average molecular weight is 471 g/mol. The lowest BCUT2D eigenvalue weighted by Crippen LogP contribution is -2.34. The number of amidine groups is 1. The summed E-state index contributed by atoms with van der Waals surface area (Å²) in [4.78, 5) is 17.4. The molecular formula is C26H18N2O3S2. The van der Waals surface area contributed by atoms with Crippen molar-refractivity contribution in [3.63, 3.8) is 0 Å². The van der Waals surface area contributed by atoms with Crippen molar-refractivity contribution in [2.75, 3.05) is 0 Å². The topological polar surface area (TPSA) is 66.8 Å². The van der Waals surface area contributed by atoms with Crippen molar-refractivity contribution in [1.29, 1.82) is 0 Å². The van der Waals surface area contributed by atoms with Crippen LogP contribution in [0, 0.1) is 0 Å². The number of sulfonamides is 1. The van der Waals surface area contributed by atoms with Gasteiger partial charge < -0.3 is 0 Å². The molecule has 7 heteroatoms. The Bertz CT molecular complexity index is 1530. The molecule has 0 radical (unpaired) electrons. The van der Waals surface area contributed by atoms with Crippen molar-refractivity contribution in [2.45, 2.75) is 16.2 Å². The molecule has 1 aliphatic heterocycles. The van der Waals surface area contributed by atoms with Crippen LogP contribution < -0.4 is 0 Å². The minimum absolute atomic E-state index is 0.174. The zero-order valence-electron chi connectivity index (χ0n) is 17.3. The van der Waals surface area contributed by atoms with E-state index < -0.39 is 22.0 Å². The van der Waals surface area contributed by atoms with Gasteiger partial charge in [-0.25, -0.2) is 12.7 Å². The van der Waals surface area contributed by atoms with Gasteiger partial charge in [-0.2, -0.15) is 4.99 Å². The number of aliphatic imine (C=N–C) groups is 1. The number of thioether (sulfide) groups is 1. The highest BCUT2D eigenvalue weighted by atomic mass is 32.2. The monoisotopic (exact) mass is 470 g/mol. The van der Waals surface area contributed by atoms with Crippen LogP contribution in [0.15, 0.2) is 107 Å². The second-order valence-corrected chi connectivity index (χ2v) is 10.9. The molecule has 0 saturated carbocycles.